The number of halogens is 1. The lowest BCUT2D eigenvalue weighted by atomic mass is 10.0. The van der Waals surface area contributed by atoms with E-state index in [-0.39, 0.29) is 10.7 Å². The normalized spacial score (nSPS) is 15.4. The molecule has 0 atom stereocenters. The van der Waals surface area contributed by atoms with Crippen LogP contribution in [-0.2, 0) is 4.74 Å². The van der Waals surface area contributed by atoms with Crippen LogP contribution < -0.4 is 4.74 Å². The Kier molecular flexibility index (Phi) is 5.47. The number of rotatable bonds is 7. The van der Waals surface area contributed by atoms with Crippen LogP contribution in [0, 0.1) is 5.41 Å². The molecular formula is C20H26ClN3O3. The summed E-state index contributed by atoms with van der Waals surface area (Å²) < 4.78 is 12.6. The summed E-state index contributed by atoms with van der Waals surface area (Å²) in [6, 6.07) is 5.06. The molecule has 1 saturated carbocycles. The molecule has 27 heavy (non-hydrogen) atoms. The van der Waals surface area contributed by atoms with Crippen molar-refractivity contribution in [1.82, 2.24) is 14.8 Å². The average molecular weight is 392 g/mol. The van der Waals surface area contributed by atoms with Crippen molar-refractivity contribution >= 4 is 17.6 Å². The molecule has 1 aliphatic carbocycles. The minimum Gasteiger partial charge on any atom is -0.477 e. The molecule has 1 aliphatic rings. The van der Waals surface area contributed by atoms with Gasteiger partial charge in [-0.3, -0.25) is 0 Å². The van der Waals surface area contributed by atoms with Crippen molar-refractivity contribution in [2.24, 2.45) is 5.41 Å². The van der Waals surface area contributed by atoms with E-state index in [9.17, 15) is 4.79 Å². The highest BCUT2D eigenvalue weighted by Crippen LogP contribution is 2.48. The van der Waals surface area contributed by atoms with Crippen LogP contribution in [0.1, 0.15) is 63.7 Å². The zero-order valence-corrected chi connectivity index (χ0v) is 17.0. The molecular weight excluding hydrogens is 366 g/mol. The molecule has 0 radical (unpaired) electrons. The SMILES string of the molecule is CC1(CCCOc2ccn(-c3ccc(C(=O)OC(C)(C)C)c(Cl)n3)n2)CC1. The van der Waals surface area contributed by atoms with Gasteiger partial charge in [0.2, 0.25) is 5.88 Å². The standard InChI is InChI=1S/C20H26ClN3O3/c1-19(2,3)27-18(25)14-6-7-15(22-17(14)21)24-12-8-16(23-24)26-13-5-9-20(4)10-11-20/h6-8,12H,5,9-11,13H2,1-4H3. The van der Waals surface area contributed by atoms with Gasteiger partial charge in [0.25, 0.3) is 0 Å². The van der Waals surface area contributed by atoms with E-state index in [1.165, 1.54) is 19.3 Å². The lowest BCUT2D eigenvalue weighted by Gasteiger charge is -2.19. The van der Waals surface area contributed by atoms with Crippen molar-refractivity contribution in [3.63, 3.8) is 0 Å². The van der Waals surface area contributed by atoms with Gasteiger partial charge >= 0.3 is 5.97 Å². The predicted molar refractivity (Wildman–Crippen MR) is 104 cm³/mol. The number of aromatic nitrogens is 3. The fourth-order valence-corrected chi connectivity index (χ4v) is 2.92. The molecule has 0 aromatic carbocycles. The summed E-state index contributed by atoms with van der Waals surface area (Å²) in [5.41, 5.74) is 0.177. The van der Waals surface area contributed by atoms with E-state index in [1.807, 2.05) is 0 Å². The fourth-order valence-electron chi connectivity index (χ4n) is 2.69. The minimum absolute atomic E-state index is 0.0809. The maximum Gasteiger partial charge on any atom is 0.341 e. The van der Waals surface area contributed by atoms with E-state index in [2.05, 4.69) is 17.0 Å². The smallest absolute Gasteiger partial charge is 0.341 e. The highest BCUT2D eigenvalue weighted by Gasteiger charge is 2.36. The first-order valence-corrected chi connectivity index (χ1v) is 9.62. The van der Waals surface area contributed by atoms with Gasteiger partial charge in [0, 0.05) is 12.3 Å². The number of esters is 1. The zero-order valence-electron chi connectivity index (χ0n) is 16.3. The second kappa shape index (κ2) is 7.50. The summed E-state index contributed by atoms with van der Waals surface area (Å²) in [7, 11) is 0. The minimum atomic E-state index is -0.593. The van der Waals surface area contributed by atoms with Crippen LogP contribution in [0.25, 0.3) is 5.82 Å². The molecule has 0 amide bonds. The van der Waals surface area contributed by atoms with Crippen molar-refractivity contribution in [3.8, 4) is 11.7 Å². The molecule has 7 heteroatoms. The average Bonchev–Trinajstić information content (AvgIpc) is 3.12. The van der Waals surface area contributed by atoms with E-state index in [1.54, 1.807) is 49.8 Å². The van der Waals surface area contributed by atoms with Gasteiger partial charge in [-0.25, -0.2) is 14.5 Å². The molecule has 0 spiro atoms. The molecule has 0 unspecified atom stereocenters. The molecule has 0 saturated heterocycles. The van der Waals surface area contributed by atoms with Gasteiger partial charge in [0.1, 0.15) is 10.8 Å². The Morgan fingerprint density at radius 3 is 2.67 bits per heavy atom. The first kappa shape index (κ1) is 19.7. The predicted octanol–water partition coefficient (Wildman–Crippen LogP) is 4.84. The summed E-state index contributed by atoms with van der Waals surface area (Å²) >= 11 is 6.18. The summed E-state index contributed by atoms with van der Waals surface area (Å²) in [4.78, 5) is 16.4. The molecule has 2 aromatic rings. The Bertz CT molecular complexity index is 822. The maximum absolute atomic E-state index is 12.2. The molecule has 1 fully saturated rings. The van der Waals surface area contributed by atoms with Crippen molar-refractivity contribution in [3.05, 3.63) is 35.1 Å². The van der Waals surface area contributed by atoms with Crippen LogP contribution in [0.15, 0.2) is 24.4 Å². The molecule has 0 aliphatic heterocycles. The number of carbonyl (C=O) groups is 1. The molecule has 0 N–H and O–H groups in total. The largest absolute Gasteiger partial charge is 0.477 e. The number of nitrogens with zero attached hydrogens (tertiary/aromatic N) is 3. The van der Waals surface area contributed by atoms with Gasteiger partial charge in [-0.05, 0) is 64.0 Å². The van der Waals surface area contributed by atoms with E-state index in [0.717, 1.165) is 6.42 Å². The van der Waals surface area contributed by atoms with E-state index in [4.69, 9.17) is 21.1 Å². The molecule has 3 rings (SSSR count). The first-order valence-electron chi connectivity index (χ1n) is 9.24. The van der Waals surface area contributed by atoms with Gasteiger partial charge in [0.05, 0.1) is 12.2 Å². The zero-order chi connectivity index (χ0) is 19.7. The van der Waals surface area contributed by atoms with Gasteiger partial charge in [-0.2, -0.15) is 0 Å². The summed E-state index contributed by atoms with van der Waals surface area (Å²) in [5, 5.41) is 4.44. The van der Waals surface area contributed by atoms with Crippen molar-refractivity contribution < 1.29 is 14.3 Å². The Labute approximate surface area is 164 Å². The highest BCUT2D eigenvalue weighted by atomic mass is 35.5. The molecule has 146 valence electrons. The Balaban J connectivity index is 1.60. The van der Waals surface area contributed by atoms with Crippen LogP contribution in [-0.4, -0.2) is 32.9 Å². The third-order valence-corrected chi connectivity index (χ3v) is 4.82. The molecule has 2 aromatic heterocycles. The quantitative estimate of drug-likeness (QED) is 0.384. The Morgan fingerprint density at radius 2 is 2.04 bits per heavy atom. The van der Waals surface area contributed by atoms with E-state index >= 15 is 0 Å². The lowest BCUT2D eigenvalue weighted by molar-refractivity contribution is 0.00693. The Morgan fingerprint density at radius 1 is 1.30 bits per heavy atom. The number of hydrogen-bond acceptors (Lipinski definition) is 5. The molecule has 2 heterocycles. The summed E-state index contributed by atoms with van der Waals surface area (Å²) in [6.07, 6.45) is 6.62. The number of pyridine rings is 1. The van der Waals surface area contributed by atoms with Gasteiger partial charge < -0.3 is 9.47 Å². The van der Waals surface area contributed by atoms with Crippen molar-refractivity contribution in [1.29, 1.82) is 0 Å². The summed E-state index contributed by atoms with van der Waals surface area (Å²) in [6.45, 7) is 8.38. The molecule has 0 bridgehead atoms. The van der Waals surface area contributed by atoms with Gasteiger partial charge in [-0.15, -0.1) is 5.10 Å². The lowest BCUT2D eigenvalue weighted by Crippen LogP contribution is -2.24. The van der Waals surface area contributed by atoms with Crippen LogP contribution in [0.5, 0.6) is 5.88 Å². The van der Waals surface area contributed by atoms with Crippen LogP contribution >= 0.6 is 11.6 Å². The number of carbonyl (C=O) groups excluding carboxylic acids is 1. The third-order valence-electron chi connectivity index (χ3n) is 4.53. The highest BCUT2D eigenvalue weighted by molar-refractivity contribution is 6.32. The van der Waals surface area contributed by atoms with E-state index < -0.39 is 11.6 Å². The monoisotopic (exact) mass is 391 g/mol. The number of ether oxygens (including phenoxy) is 2. The Hall–Kier alpha value is -2.08. The van der Waals surface area contributed by atoms with Crippen LogP contribution in [0.2, 0.25) is 5.15 Å². The third kappa shape index (κ3) is 5.45. The summed E-state index contributed by atoms with van der Waals surface area (Å²) in [5.74, 6) is 0.554. The van der Waals surface area contributed by atoms with E-state index in [0.29, 0.717) is 23.7 Å². The van der Waals surface area contributed by atoms with Crippen LogP contribution in [0.3, 0.4) is 0 Å². The van der Waals surface area contributed by atoms with Gasteiger partial charge in [-0.1, -0.05) is 18.5 Å². The molecule has 6 nitrogen and oxygen atoms in total. The maximum atomic E-state index is 12.2. The number of hydrogen-bond donors (Lipinski definition) is 0. The van der Waals surface area contributed by atoms with Gasteiger partial charge in [0.15, 0.2) is 5.82 Å². The van der Waals surface area contributed by atoms with Crippen molar-refractivity contribution in [2.75, 3.05) is 6.61 Å². The van der Waals surface area contributed by atoms with Crippen molar-refractivity contribution in [2.45, 2.75) is 59.0 Å². The fraction of sp³-hybridized carbons (Fsp3) is 0.550. The van der Waals surface area contributed by atoms with Crippen LogP contribution in [0.4, 0.5) is 0 Å². The second-order valence-corrected chi connectivity index (χ2v) is 8.73. The second-order valence-electron chi connectivity index (χ2n) is 8.37. The topological polar surface area (TPSA) is 66.2 Å². The first-order chi connectivity index (χ1) is 12.7.